The molecule has 0 radical (unpaired) electrons. The van der Waals surface area contributed by atoms with Crippen LogP contribution in [-0.4, -0.2) is 53.2 Å². The summed E-state index contributed by atoms with van der Waals surface area (Å²) in [4.78, 5) is 25.5. The third-order valence-corrected chi connectivity index (χ3v) is 4.86. The third kappa shape index (κ3) is 4.09. The van der Waals surface area contributed by atoms with E-state index in [0.29, 0.717) is 18.5 Å². The Kier molecular flexibility index (Phi) is 5.45. The van der Waals surface area contributed by atoms with Gasteiger partial charge in [-0.15, -0.1) is 0 Å². The minimum atomic E-state index is -0.966. The monoisotopic (exact) mass is 297 g/mol. The van der Waals surface area contributed by atoms with Crippen LogP contribution in [0.1, 0.15) is 51.9 Å². The molecule has 2 saturated heterocycles. The van der Waals surface area contributed by atoms with Crippen molar-refractivity contribution in [1.82, 2.24) is 15.5 Å². The van der Waals surface area contributed by atoms with Gasteiger partial charge in [0.2, 0.25) is 0 Å². The van der Waals surface area contributed by atoms with Crippen molar-refractivity contribution in [2.75, 3.05) is 7.05 Å². The van der Waals surface area contributed by atoms with Crippen LogP contribution in [0.2, 0.25) is 0 Å². The molecule has 2 heterocycles. The second-order valence-corrected chi connectivity index (χ2v) is 6.37. The van der Waals surface area contributed by atoms with Gasteiger partial charge in [-0.05, 0) is 39.2 Å². The molecule has 0 aliphatic carbocycles. The number of amides is 2. The molecule has 6 heteroatoms. The van der Waals surface area contributed by atoms with Gasteiger partial charge in [0, 0.05) is 18.1 Å². The van der Waals surface area contributed by atoms with Gasteiger partial charge in [-0.1, -0.05) is 19.8 Å². The van der Waals surface area contributed by atoms with Crippen LogP contribution in [0.15, 0.2) is 0 Å². The summed E-state index contributed by atoms with van der Waals surface area (Å²) >= 11 is 0. The molecular weight excluding hydrogens is 270 g/mol. The standard InChI is InChI=1S/C15H27N3O3/c1-3-5-13(14(19)20)17-15(21)16-10-8-11-6-4-7-12(9-10)18(11)2/h10-13H,3-9H2,1-2H3,(H,19,20)(H2,16,17,21)/t10?,11?,12?,13-/m1/s1. The first-order valence-corrected chi connectivity index (χ1v) is 8.03. The van der Waals surface area contributed by atoms with Gasteiger partial charge >= 0.3 is 12.0 Å². The molecule has 0 aromatic carbocycles. The van der Waals surface area contributed by atoms with Gasteiger partial charge in [0.05, 0.1) is 0 Å². The van der Waals surface area contributed by atoms with E-state index in [0.717, 1.165) is 19.3 Å². The smallest absolute Gasteiger partial charge is 0.326 e. The number of hydrogen-bond acceptors (Lipinski definition) is 3. The summed E-state index contributed by atoms with van der Waals surface area (Å²) in [6, 6.07) is 0.124. The van der Waals surface area contributed by atoms with Crippen LogP contribution in [0, 0.1) is 0 Å². The number of rotatable bonds is 5. The Bertz CT molecular complexity index is 374. The zero-order valence-electron chi connectivity index (χ0n) is 13.0. The highest BCUT2D eigenvalue weighted by Gasteiger charge is 2.36. The molecule has 2 unspecified atom stereocenters. The van der Waals surface area contributed by atoms with Crippen LogP contribution in [0.5, 0.6) is 0 Å². The fourth-order valence-corrected chi connectivity index (χ4v) is 3.67. The molecule has 0 spiro atoms. The predicted molar refractivity (Wildman–Crippen MR) is 80.2 cm³/mol. The number of carbonyl (C=O) groups excluding carboxylic acids is 1. The summed E-state index contributed by atoms with van der Waals surface area (Å²) in [5, 5.41) is 14.6. The van der Waals surface area contributed by atoms with E-state index in [1.54, 1.807) is 0 Å². The lowest BCUT2D eigenvalue weighted by Crippen LogP contribution is -2.57. The Labute approximate surface area is 126 Å². The molecule has 120 valence electrons. The number of nitrogens with one attached hydrogen (secondary N) is 2. The molecule has 0 aromatic rings. The van der Waals surface area contributed by atoms with Crippen molar-refractivity contribution in [3.05, 3.63) is 0 Å². The van der Waals surface area contributed by atoms with Gasteiger partial charge in [0.15, 0.2) is 0 Å². The van der Waals surface area contributed by atoms with E-state index in [2.05, 4.69) is 22.6 Å². The van der Waals surface area contributed by atoms with Crippen molar-refractivity contribution < 1.29 is 14.7 Å². The quantitative estimate of drug-likeness (QED) is 0.719. The number of carbonyl (C=O) groups is 2. The topological polar surface area (TPSA) is 81.7 Å². The average molecular weight is 297 g/mol. The van der Waals surface area contributed by atoms with E-state index in [9.17, 15) is 9.59 Å². The van der Waals surface area contributed by atoms with Crippen LogP contribution in [0.3, 0.4) is 0 Å². The predicted octanol–water partition coefficient (Wildman–Crippen LogP) is 1.55. The van der Waals surface area contributed by atoms with Crippen LogP contribution in [-0.2, 0) is 4.79 Å². The van der Waals surface area contributed by atoms with Gasteiger partial charge in [-0.2, -0.15) is 0 Å². The summed E-state index contributed by atoms with van der Waals surface area (Å²) in [6.07, 6.45) is 6.78. The van der Waals surface area contributed by atoms with Crippen LogP contribution < -0.4 is 10.6 Å². The summed E-state index contributed by atoms with van der Waals surface area (Å²) in [6.45, 7) is 1.91. The van der Waals surface area contributed by atoms with E-state index >= 15 is 0 Å². The number of nitrogens with zero attached hydrogens (tertiary/aromatic N) is 1. The molecule has 2 rings (SSSR count). The van der Waals surface area contributed by atoms with E-state index in [4.69, 9.17) is 5.11 Å². The highest BCUT2D eigenvalue weighted by molar-refractivity contribution is 5.82. The van der Waals surface area contributed by atoms with Crippen molar-refractivity contribution in [1.29, 1.82) is 0 Å². The second kappa shape index (κ2) is 7.11. The van der Waals surface area contributed by atoms with Gasteiger partial charge in [-0.25, -0.2) is 9.59 Å². The number of piperidine rings is 2. The number of carboxylic acid groups (broad SMARTS) is 1. The molecule has 21 heavy (non-hydrogen) atoms. The van der Waals surface area contributed by atoms with Crippen LogP contribution in [0.4, 0.5) is 4.79 Å². The molecule has 2 fully saturated rings. The maximum atomic E-state index is 12.0. The first kappa shape index (κ1) is 16.1. The van der Waals surface area contributed by atoms with E-state index in [1.165, 1.54) is 19.3 Å². The zero-order chi connectivity index (χ0) is 15.4. The minimum absolute atomic E-state index is 0.160. The number of hydrogen-bond donors (Lipinski definition) is 3. The Balaban J connectivity index is 1.84. The summed E-state index contributed by atoms with van der Waals surface area (Å²) in [7, 11) is 2.17. The second-order valence-electron chi connectivity index (χ2n) is 6.37. The van der Waals surface area contributed by atoms with Gasteiger partial charge in [-0.3, -0.25) is 0 Å². The lowest BCUT2D eigenvalue weighted by molar-refractivity contribution is -0.139. The largest absolute Gasteiger partial charge is 0.480 e. The van der Waals surface area contributed by atoms with Crippen LogP contribution >= 0.6 is 0 Å². The lowest BCUT2D eigenvalue weighted by Gasteiger charge is -2.47. The van der Waals surface area contributed by atoms with Crippen molar-refractivity contribution in [2.24, 2.45) is 0 Å². The third-order valence-electron chi connectivity index (χ3n) is 4.86. The fraction of sp³-hybridized carbons (Fsp3) is 0.867. The maximum Gasteiger partial charge on any atom is 0.326 e. The van der Waals surface area contributed by atoms with Crippen molar-refractivity contribution in [3.8, 4) is 0 Å². The van der Waals surface area contributed by atoms with Crippen molar-refractivity contribution in [2.45, 2.75) is 76.0 Å². The molecule has 0 saturated carbocycles. The van der Waals surface area contributed by atoms with Crippen molar-refractivity contribution >= 4 is 12.0 Å². The first-order chi connectivity index (χ1) is 10.0. The van der Waals surface area contributed by atoms with E-state index < -0.39 is 12.0 Å². The minimum Gasteiger partial charge on any atom is -0.480 e. The molecule has 2 amide bonds. The maximum absolute atomic E-state index is 12.0. The zero-order valence-corrected chi connectivity index (χ0v) is 13.0. The summed E-state index contributed by atoms with van der Waals surface area (Å²) < 4.78 is 0. The number of carboxylic acids is 1. The lowest BCUT2D eigenvalue weighted by atomic mass is 9.82. The number of aliphatic carboxylic acids is 1. The molecule has 3 atom stereocenters. The van der Waals surface area contributed by atoms with Gasteiger partial charge in [0.25, 0.3) is 0 Å². The van der Waals surface area contributed by atoms with Gasteiger partial charge < -0.3 is 20.6 Å². The SMILES string of the molecule is CCC[C@@H](NC(=O)NC1CC2CCCC(C1)N2C)C(=O)O. The highest BCUT2D eigenvalue weighted by Crippen LogP contribution is 2.32. The molecule has 0 aromatic heterocycles. The Hall–Kier alpha value is -1.30. The molecule has 2 aliphatic rings. The number of urea groups is 1. The van der Waals surface area contributed by atoms with E-state index in [1.807, 2.05) is 6.92 Å². The molecular formula is C15H27N3O3. The number of fused-ring (bicyclic) bond motifs is 2. The molecule has 6 nitrogen and oxygen atoms in total. The highest BCUT2D eigenvalue weighted by atomic mass is 16.4. The normalized spacial score (nSPS) is 30.5. The molecule has 3 N–H and O–H groups in total. The Morgan fingerprint density at radius 1 is 1.29 bits per heavy atom. The van der Waals surface area contributed by atoms with Crippen LogP contribution in [0.25, 0.3) is 0 Å². The Morgan fingerprint density at radius 3 is 2.43 bits per heavy atom. The van der Waals surface area contributed by atoms with E-state index in [-0.39, 0.29) is 12.1 Å². The van der Waals surface area contributed by atoms with Gasteiger partial charge in [0.1, 0.15) is 6.04 Å². The fourth-order valence-electron chi connectivity index (χ4n) is 3.67. The van der Waals surface area contributed by atoms with Crippen molar-refractivity contribution in [3.63, 3.8) is 0 Å². The molecule has 2 aliphatic heterocycles. The molecule has 2 bridgehead atoms. The summed E-state index contributed by atoms with van der Waals surface area (Å²) in [5.74, 6) is -0.966. The Morgan fingerprint density at radius 2 is 1.90 bits per heavy atom. The first-order valence-electron chi connectivity index (χ1n) is 8.03. The summed E-state index contributed by atoms with van der Waals surface area (Å²) in [5.41, 5.74) is 0. The average Bonchev–Trinajstić information content (AvgIpc) is 2.39.